The summed E-state index contributed by atoms with van der Waals surface area (Å²) in [4.78, 5) is 12.0. The van der Waals surface area contributed by atoms with Crippen molar-refractivity contribution in [2.45, 2.75) is 48.0 Å². The summed E-state index contributed by atoms with van der Waals surface area (Å²) in [6.45, 7) is 12.0. The number of hydrogen-bond acceptors (Lipinski definition) is 4. The van der Waals surface area contributed by atoms with Crippen LogP contribution in [0.2, 0.25) is 0 Å². The van der Waals surface area contributed by atoms with Crippen molar-refractivity contribution >= 4 is 15.8 Å². The lowest BCUT2D eigenvalue weighted by Crippen LogP contribution is -2.34. The normalized spacial score (nSPS) is 15.3. The number of esters is 1. The topological polar surface area (TPSA) is 60.4 Å². The molecule has 0 fully saturated rings. The molecule has 0 spiro atoms. The number of carbonyl (C=O) groups excluding carboxylic acids is 1. The van der Waals surface area contributed by atoms with Crippen molar-refractivity contribution in [2.75, 3.05) is 12.2 Å². The summed E-state index contributed by atoms with van der Waals surface area (Å²) in [6.07, 6.45) is 1.72. The fourth-order valence-electron chi connectivity index (χ4n) is 1.62. The summed E-state index contributed by atoms with van der Waals surface area (Å²) in [7, 11) is -3.28. The summed E-state index contributed by atoms with van der Waals surface area (Å²) >= 11 is 0. The third-order valence-corrected chi connectivity index (χ3v) is 3.11. The predicted molar refractivity (Wildman–Crippen MR) is 72.8 cm³/mol. The SMILES string of the molecule is CC(C)(C)CC(C(=O)OCS(C)(=O)=O)C(C)(C)C. The highest BCUT2D eigenvalue weighted by molar-refractivity contribution is 7.90. The van der Waals surface area contributed by atoms with E-state index in [1.54, 1.807) is 0 Å². The first-order valence-corrected chi connectivity index (χ1v) is 8.13. The molecule has 0 bridgehead atoms. The first-order valence-electron chi connectivity index (χ1n) is 6.07. The third-order valence-electron chi connectivity index (χ3n) is 2.56. The zero-order valence-electron chi connectivity index (χ0n) is 12.5. The molecule has 108 valence electrons. The molecule has 0 N–H and O–H groups in total. The van der Waals surface area contributed by atoms with Crippen molar-refractivity contribution in [1.82, 2.24) is 0 Å². The van der Waals surface area contributed by atoms with E-state index in [1.165, 1.54) is 0 Å². The lowest BCUT2D eigenvalue weighted by molar-refractivity contribution is -0.151. The van der Waals surface area contributed by atoms with Crippen molar-refractivity contribution in [2.24, 2.45) is 16.7 Å². The Morgan fingerprint density at radius 3 is 1.83 bits per heavy atom. The Bertz CT molecular complexity index is 382. The first kappa shape index (κ1) is 17.4. The molecule has 0 radical (unpaired) electrons. The molecule has 0 aliphatic rings. The maximum absolute atomic E-state index is 12.0. The summed E-state index contributed by atoms with van der Waals surface area (Å²) < 4.78 is 26.9. The second-order valence-corrected chi connectivity index (χ2v) is 9.28. The van der Waals surface area contributed by atoms with Gasteiger partial charge in [0.25, 0.3) is 0 Å². The van der Waals surface area contributed by atoms with Crippen molar-refractivity contribution in [3.05, 3.63) is 0 Å². The van der Waals surface area contributed by atoms with Crippen LogP contribution in [0.4, 0.5) is 0 Å². The van der Waals surface area contributed by atoms with E-state index >= 15 is 0 Å². The number of hydrogen-bond donors (Lipinski definition) is 0. The van der Waals surface area contributed by atoms with Crippen LogP contribution in [0.25, 0.3) is 0 Å². The molecule has 0 saturated carbocycles. The van der Waals surface area contributed by atoms with E-state index in [2.05, 4.69) is 20.8 Å². The number of carbonyl (C=O) groups is 1. The summed E-state index contributed by atoms with van der Waals surface area (Å²) in [5.74, 6) is -1.27. The molecule has 0 aromatic rings. The molecule has 0 amide bonds. The van der Waals surface area contributed by atoms with Crippen LogP contribution in [0.15, 0.2) is 0 Å². The third kappa shape index (κ3) is 7.69. The molecule has 0 aliphatic heterocycles. The van der Waals surface area contributed by atoms with E-state index in [1.807, 2.05) is 20.8 Å². The monoisotopic (exact) mass is 278 g/mol. The molecule has 4 nitrogen and oxygen atoms in total. The van der Waals surface area contributed by atoms with Gasteiger partial charge in [-0.15, -0.1) is 0 Å². The predicted octanol–water partition coefficient (Wildman–Crippen LogP) is 2.63. The minimum absolute atomic E-state index is 0.0118. The van der Waals surface area contributed by atoms with Gasteiger partial charge in [0.15, 0.2) is 15.8 Å². The molecular formula is C13H26O4S. The molecule has 1 unspecified atom stereocenters. The van der Waals surface area contributed by atoms with Crippen LogP contribution in [-0.2, 0) is 19.4 Å². The Morgan fingerprint density at radius 1 is 1.11 bits per heavy atom. The van der Waals surface area contributed by atoms with Crippen LogP contribution >= 0.6 is 0 Å². The first-order chi connectivity index (χ1) is 7.72. The van der Waals surface area contributed by atoms with Crippen molar-refractivity contribution in [3.63, 3.8) is 0 Å². The van der Waals surface area contributed by atoms with Gasteiger partial charge in [-0.3, -0.25) is 4.79 Å². The van der Waals surface area contributed by atoms with Gasteiger partial charge in [0, 0.05) is 6.26 Å². The Kier molecular flexibility index (Phi) is 5.41. The zero-order chi connectivity index (χ0) is 14.8. The Morgan fingerprint density at radius 2 is 1.56 bits per heavy atom. The maximum atomic E-state index is 12.0. The Labute approximate surface area is 111 Å². The summed E-state index contributed by atoms with van der Waals surface area (Å²) in [6, 6.07) is 0. The van der Waals surface area contributed by atoms with Crippen LogP contribution in [0.1, 0.15) is 48.0 Å². The lowest BCUT2D eigenvalue weighted by atomic mass is 9.72. The van der Waals surface area contributed by atoms with E-state index in [0.29, 0.717) is 6.42 Å². The quantitative estimate of drug-likeness (QED) is 0.742. The van der Waals surface area contributed by atoms with Crippen molar-refractivity contribution in [3.8, 4) is 0 Å². The van der Waals surface area contributed by atoms with Crippen LogP contribution in [0.3, 0.4) is 0 Å². The molecule has 5 heteroatoms. The largest absolute Gasteiger partial charge is 0.449 e. The molecule has 0 rings (SSSR count). The minimum Gasteiger partial charge on any atom is -0.449 e. The van der Waals surface area contributed by atoms with E-state index in [0.717, 1.165) is 6.26 Å². The second-order valence-electron chi connectivity index (χ2n) is 7.19. The number of rotatable bonds is 4. The molecule has 1 atom stereocenters. The van der Waals surface area contributed by atoms with Gasteiger partial charge >= 0.3 is 5.97 Å². The highest BCUT2D eigenvalue weighted by Crippen LogP contribution is 2.36. The van der Waals surface area contributed by atoms with E-state index in [-0.39, 0.29) is 16.7 Å². The van der Waals surface area contributed by atoms with Gasteiger partial charge in [-0.25, -0.2) is 8.42 Å². The van der Waals surface area contributed by atoms with Crippen LogP contribution in [0.5, 0.6) is 0 Å². The fourth-order valence-corrected chi connectivity index (χ4v) is 1.95. The average Bonchev–Trinajstić information content (AvgIpc) is 2.06. The maximum Gasteiger partial charge on any atom is 0.310 e. The Balaban J connectivity index is 4.84. The molecular weight excluding hydrogens is 252 g/mol. The molecule has 18 heavy (non-hydrogen) atoms. The lowest BCUT2D eigenvalue weighted by Gasteiger charge is -2.33. The average molecular weight is 278 g/mol. The van der Waals surface area contributed by atoms with E-state index in [4.69, 9.17) is 4.74 Å². The highest BCUT2D eigenvalue weighted by atomic mass is 32.2. The summed E-state index contributed by atoms with van der Waals surface area (Å²) in [5.41, 5.74) is -0.260. The standard InChI is InChI=1S/C13H26O4S/c1-12(2,3)8-10(13(4,5)6)11(14)17-9-18(7,15)16/h10H,8-9H2,1-7H3. The van der Waals surface area contributed by atoms with E-state index in [9.17, 15) is 13.2 Å². The molecule has 0 heterocycles. The molecule has 0 aromatic heterocycles. The van der Waals surface area contributed by atoms with Crippen LogP contribution in [-0.4, -0.2) is 26.6 Å². The number of ether oxygens (including phenoxy) is 1. The second kappa shape index (κ2) is 5.59. The fraction of sp³-hybridized carbons (Fsp3) is 0.923. The van der Waals surface area contributed by atoms with Gasteiger partial charge < -0.3 is 4.74 Å². The zero-order valence-corrected chi connectivity index (χ0v) is 13.3. The van der Waals surface area contributed by atoms with E-state index < -0.39 is 21.7 Å². The minimum atomic E-state index is -3.28. The molecule has 0 aliphatic carbocycles. The molecule has 0 aromatic carbocycles. The smallest absolute Gasteiger partial charge is 0.310 e. The van der Waals surface area contributed by atoms with Gasteiger partial charge in [-0.2, -0.15) is 0 Å². The van der Waals surface area contributed by atoms with Gasteiger partial charge in [0.05, 0.1) is 5.92 Å². The van der Waals surface area contributed by atoms with Gasteiger partial charge in [-0.05, 0) is 17.3 Å². The Hall–Kier alpha value is -0.580. The molecule has 0 saturated heterocycles. The summed E-state index contributed by atoms with van der Waals surface area (Å²) in [5, 5.41) is 0. The van der Waals surface area contributed by atoms with Gasteiger partial charge in [0.1, 0.15) is 0 Å². The van der Waals surface area contributed by atoms with Crippen molar-refractivity contribution in [1.29, 1.82) is 0 Å². The van der Waals surface area contributed by atoms with Crippen LogP contribution < -0.4 is 0 Å². The highest BCUT2D eigenvalue weighted by Gasteiger charge is 2.36. The van der Waals surface area contributed by atoms with Crippen molar-refractivity contribution < 1.29 is 17.9 Å². The number of sulfone groups is 1. The van der Waals surface area contributed by atoms with Crippen LogP contribution in [0, 0.1) is 16.7 Å². The van der Waals surface area contributed by atoms with Gasteiger partial charge in [0.2, 0.25) is 0 Å². The van der Waals surface area contributed by atoms with Gasteiger partial charge in [-0.1, -0.05) is 41.5 Å².